The summed E-state index contributed by atoms with van der Waals surface area (Å²) in [6.45, 7) is 1.85. The lowest BCUT2D eigenvalue weighted by atomic mass is 10.2. The van der Waals surface area contributed by atoms with Crippen molar-refractivity contribution in [2.75, 3.05) is 11.4 Å². The molecule has 6 heteroatoms. The molecule has 0 aliphatic heterocycles. The van der Waals surface area contributed by atoms with Gasteiger partial charge >= 0.3 is 5.97 Å². The van der Waals surface area contributed by atoms with Gasteiger partial charge in [-0.2, -0.15) is 4.37 Å². The second-order valence-corrected chi connectivity index (χ2v) is 4.81. The van der Waals surface area contributed by atoms with Crippen LogP contribution in [-0.2, 0) is 4.79 Å². The fourth-order valence-electron chi connectivity index (χ4n) is 2.12. The van der Waals surface area contributed by atoms with Crippen LogP contribution in [0.2, 0.25) is 0 Å². The van der Waals surface area contributed by atoms with Crippen molar-refractivity contribution in [3.8, 4) is 0 Å². The highest BCUT2D eigenvalue weighted by molar-refractivity contribution is 7.09. The third-order valence-corrected chi connectivity index (χ3v) is 3.68. The number of hydrogen-bond acceptors (Lipinski definition) is 5. The van der Waals surface area contributed by atoms with Crippen molar-refractivity contribution in [2.45, 2.75) is 38.6 Å². The van der Waals surface area contributed by atoms with Crippen molar-refractivity contribution >= 4 is 22.6 Å². The minimum absolute atomic E-state index is 0.0271. The Balaban J connectivity index is 2.16. The molecular formula is C10H15N3O2S. The second-order valence-electron chi connectivity index (χ2n) is 4.08. The van der Waals surface area contributed by atoms with Crippen molar-refractivity contribution in [2.24, 2.45) is 0 Å². The molecule has 0 saturated heterocycles. The Morgan fingerprint density at radius 3 is 2.75 bits per heavy atom. The highest BCUT2D eigenvalue weighted by Gasteiger charge is 2.26. The molecule has 0 aromatic carbocycles. The minimum Gasteiger partial charge on any atom is -0.480 e. The summed E-state index contributed by atoms with van der Waals surface area (Å²) >= 11 is 1.29. The summed E-state index contributed by atoms with van der Waals surface area (Å²) in [5.41, 5.74) is 0. The van der Waals surface area contributed by atoms with Crippen LogP contribution in [0, 0.1) is 6.92 Å². The summed E-state index contributed by atoms with van der Waals surface area (Å²) < 4.78 is 4.11. The monoisotopic (exact) mass is 241 g/mol. The predicted molar refractivity (Wildman–Crippen MR) is 61.9 cm³/mol. The van der Waals surface area contributed by atoms with Gasteiger partial charge in [0.05, 0.1) is 0 Å². The maximum atomic E-state index is 10.9. The Hall–Kier alpha value is -1.17. The number of anilines is 1. The van der Waals surface area contributed by atoms with Gasteiger partial charge in [0, 0.05) is 17.6 Å². The van der Waals surface area contributed by atoms with E-state index in [1.807, 2.05) is 11.8 Å². The number of aryl methyl sites for hydroxylation is 1. The molecule has 1 heterocycles. The van der Waals surface area contributed by atoms with Crippen LogP contribution in [0.4, 0.5) is 5.13 Å². The maximum Gasteiger partial charge on any atom is 0.323 e. The Morgan fingerprint density at radius 1 is 1.56 bits per heavy atom. The van der Waals surface area contributed by atoms with Gasteiger partial charge in [-0.15, -0.1) is 0 Å². The van der Waals surface area contributed by atoms with E-state index < -0.39 is 5.97 Å². The first-order valence-corrected chi connectivity index (χ1v) is 6.23. The van der Waals surface area contributed by atoms with Crippen molar-refractivity contribution in [1.82, 2.24) is 9.36 Å². The van der Waals surface area contributed by atoms with Crippen LogP contribution < -0.4 is 4.90 Å². The first-order chi connectivity index (χ1) is 7.66. The molecule has 5 nitrogen and oxygen atoms in total. The normalized spacial score (nSPS) is 16.6. The van der Waals surface area contributed by atoms with Crippen molar-refractivity contribution in [1.29, 1.82) is 0 Å². The first kappa shape index (κ1) is 11.3. The zero-order chi connectivity index (χ0) is 11.5. The van der Waals surface area contributed by atoms with Crippen molar-refractivity contribution in [3.63, 3.8) is 0 Å². The van der Waals surface area contributed by atoms with Gasteiger partial charge in [-0.1, -0.05) is 12.8 Å². The van der Waals surface area contributed by atoms with Crippen molar-refractivity contribution < 1.29 is 9.90 Å². The van der Waals surface area contributed by atoms with Gasteiger partial charge in [0.1, 0.15) is 12.4 Å². The highest BCUT2D eigenvalue weighted by atomic mass is 32.1. The number of carboxylic acid groups (broad SMARTS) is 1. The van der Waals surface area contributed by atoms with Gasteiger partial charge in [-0.25, -0.2) is 4.98 Å². The molecule has 1 aliphatic rings. The number of nitrogens with zero attached hydrogens (tertiary/aromatic N) is 3. The topological polar surface area (TPSA) is 66.3 Å². The summed E-state index contributed by atoms with van der Waals surface area (Å²) in [5.74, 6) is -0.0897. The lowest BCUT2D eigenvalue weighted by Crippen LogP contribution is -2.37. The van der Waals surface area contributed by atoms with E-state index in [9.17, 15) is 4.79 Å². The van der Waals surface area contributed by atoms with Gasteiger partial charge in [0.15, 0.2) is 0 Å². The van der Waals surface area contributed by atoms with Gasteiger partial charge in [-0.3, -0.25) is 4.79 Å². The summed E-state index contributed by atoms with van der Waals surface area (Å²) in [5, 5.41) is 9.67. The van der Waals surface area contributed by atoms with Gasteiger partial charge < -0.3 is 10.0 Å². The molecule has 2 rings (SSSR count). The average Bonchev–Trinajstić information content (AvgIpc) is 2.84. The molecule has 0 spiro atoms. The Kier molecular flexibility index (Phi) is 3.38. The molecule has 0 amide bonds. The summed E-state index contributed by atoms with van der Waals surface area (Å²) in [4.78, 5) is 17.0. The zero-order valence-corrected chi connectivity index (χ0v) is 10.0. The average molecular weight is 241 g/mol. The fourth-order valence-corrected chi connectivity index (χ4v) is 2.86. The van der Waals surface area contributed by atoms with E-state index in [2.05, 4.69) is 9.36 Å². The lowest BCUT2D eigenvalue weighted by molar-refractivity contribution is -0.135. The highest BCUT2D eigenvalue weighted by Crippen LogP contribution is 2.28. The smallest absolute Gasteiger partial charge is 0.323 e. The summed E-state index contributed by atoms with van der Waals surface area (Å²) in [6, 6.07) is 0.323. The number of hydrogen-bond donors (Lipinski definition) is 1. The summed E-state index contributed by atoms with van der Waals surface area (Å²) in [6.07, 6.45) is 4.48. The van der Waals surface area contributed by atoms with Crippen molar-refractivity contribution in [3.05, 3.63) is 5.82 Å². The van der Waals surface area contributed by atoms with E-state index in [1.54, 1.807) is 0 Å². The van der Waals surface area contributed by atoms with Crippen LogP contribution in [-0.4, -0.2) is 33.0 Å². The summed E-state index contributed by atoms with van der Waals surface area (Å²) in [7, 11) is 0. The molecule has 1 aliphatic carbocycles. The number of rotatable bonds is 4. The number of aromatic nitrogens is 2. The largest absolute Gasteiger partial charge is 0.480 e. The molecule has 1 aromatic heterocycles. The third kappa shape index (κ3) is 2.49. The van der Waals surface area contributed by atoms with Crippen LogP contribution in [0.5, 0.6) is 0 Å². The number of carboxylic acids is 1. The number of aliphatic carboxylic acids is 1. The van der Waals surface area contributed by atoms with E-state index in [1.165, 1.54) is 24.4 Å². The van der Waals surface area contributed by atoms with Gasteiger partial charge in [0.2, 0.25) is 5.13 Å². The maximum absolute atomic E-state index is 10.9. The molecule has 0 radical (unpaired) electrons. The molecule has 88 valence electrons. The van der Waals surface area contributed by atoms with Crippen LogP contribution in [0.25, 0.3) is 0 Å². The van der Waals surface area contributed by atoms with Crippen LogP contribution in [0.3, 0.4) is 0 Å². The standard InChI is InChI=1S/C10H15N3O2S/c1-7-11-10(16-12-7)13(6-9(14)15)8-4-2-3-5-8/h8H,2-6H2,1H3,(H,14,15). The quantitative estimate of drug-likeness (QED) is 0.868. The fraction of sp³-hybridized carbons (Fsp3) is 0.700. The van der Waals surface area contributed by atoms with Gasteiger partial charge in [0.25, 0.3) is 0 Å². The van der Waals surface area contributed by atoms with E-state index in [0.29, 0.717) is 11.9 Å². The molecule has 1 saturated carbocycles. The number of carbonyl (C=O) groups is 1. The van der Waals surface area contributed by atoms with E-state index in [4.69, 9.17) is 5.11 Å². The third-order valence-electron chi connectivity index (χ3n) is 2.83. The van der Waals surface area contributed by atoms with Gasteiger partial charge in [-0.05, 0) is 19.8 Å². The predicted octanol–water partition coefficient (Wildman–Crippen LogP) is 1.68. The molecule has 16 heavy (non-hydrogen) atoms. The molecule has 0 atom stereocenters. The molecular weight excluding hydrogens is 226 g/mol. The Bertz CT molecular complexity index is 374. The zero-order valence-electron chi connectivity index (χ0n) is 9.22. The molecule has 1 fully saturated rings. The molecule has 0 bridgehead atoms. The van der Waals surface area contributed by atoms with E-state index in [0.717, 1.165) is 18.0 Å². The first-order valence-electron chi connectivity index (χ1n) is 5.45. The van der Waals surface area contributed by atoms with Crippen LogP contribution >= 0.6 is 11.5 Å². The van der Waals surface area contributed by atoms with E-state index in [-0.39, 0.29) is 6.54 Å². The molecule has 1 aromatic rings. The van der Waals surface area contributed by atoms with Crippen LogP contribution in [0.1, 0.15) is 31.5 Å². The van der Waals surface area contributed by atoms with E-state index >= 15 is 0 Å². The molecule has 1 N–H and O–H groups in total. The Labute approximate surface area is 98.3 Å². The minimum atomic E-state index is -0.806. The second kappa shape index (κ2) is 4.78. The molecule has 0 unspecified atom stereocenters. The Morgan fingerprint density at radius 2 is 2.25 bits per heavy atom. The SMILES string of the molecule is Cc1nsc(N(CC(=O)O)C2CCCC2)n1. The lowest BCUT2D eigenvalue weighted by Gasteiger charge is -2.26. The van der Waals surface area contributed by atoms with Crippen LogP contribution in [0.15, 0.2) is 0 Å².